The second-order valence-corrected chi connectivity index (χ2v) is 8.25. The zero-order valence-electron chi connectivity index (χ0n) is 17.8. The number of amides is 1. The highest BCUT2D eigenvalue weighted by atomic mass is 19.4. The van der Waals surface area contributed by atoms with Crippen molar-refractivity contribution in [3.8, 4) is 0 Å². The van der Waals surface area contributed by atoms with E-state index in [2.05, 4.69) is 10.1 Å². The second-order valence-electron chi connectivity index (χ2n) is 8.25. The number of carbonyl (C=O) groups excluding carboxylic acids is 1. The smallest absolute Gasteiger partial charge is 0.384 e. The molecule has 1 aliphatic rings. The van der Waals surface area contributed by atoms with Gasteiger partial charge in [0.25, 0.3) is 5.91 Å². The lowest BCUT2D eigenvalue weighted by Crippen LogP contribution is -2.48. The first-order valence-electron chi connectivity index (χ1n) is 10.5. The summed E-state index contributed by atoms with van der Waals surface area (Å²) >= 11 is 0. The highest BCUT2D eigenvalue weighted by Gasteiger charge is 2.36. The van der Waals surface area contributed by atoms with Gasteiger partial charge in [-0.15, -0.1) is 0 Å². The van der Waals surface area contributed by atoms with E-state index < -0.39 is 17.6 Å². The van der Waals surface area contributed by atoms with E-state index in [9.17, 15) is 22.4 Å². The molecule has 4 aromatic rings. The predicted octanol–water partition coefficient (Wildman–Crippen LogP) is 4.46. The fourth-order valence-electron chi connectivity index (χ4n) is 4.17. The van der Waals surface area contributed by atoms with Gasteiger partial charge in [0.05, 0.1) is 28.7 Å². The van der Waals surface area contributed by atoms with Crippen LogP contribution >= 0.6 is 0 Å². The molecule has 0 atom stereocenters. The van der Waals surface area contributed by atoms with E-state index in [4.69, 9.17) is 5.73 Å². The van der Waals surface area contributed by atoms with Gasteiger partial charge in [0, 0.05) is 30.8 Å². The molecule has 34 heavy (non-hydrogen) atoms. The minimum atomic E-state index is -4.41. The Morgan fingerprint density at radius 1 is 1.09 bits per heavy atom. The first kappa shape index (κ1) is 21.9. The fourth-order valence-corrected chi connectivity index (χ4v) is 4.17. The van der Waals surface area contributed by atoms with Gasteiger partial charge in [0.2, 0.25) is 0 Å². The number of nitrogens with two attached hydrogens (primary N) is 1. The number of likely N-dealkylation sites (tertiary alicyclic amines) is 1. The summed E-state index contributed by atoms with van der Waals surface area (Å²) in [5.74, 6) is -0.549. The van der Waals surface area contributed by atoms with Crippen LogP contribution in [0.4, 0.5) is 23.4 Å². The first-order valence-corrected chi connectivity index (χ1v) is 10.5. The van der Waals surface area contributed by atoms with Gasteiger partial charge < -0.3 is 10.6 Å². The lowest BCUT2D eigenvalue weighted by molar-refractivity contribution is -0.137. The Morgan fingerprint density at radius 2 is 1.82 bits per heavy atom. The number of pyridine rings is 1. The Kier molecular flexibility index (Phi) is 5.22. The van der Waals surface area contributed by atoms with Crippen molar-refractivity contribution < 1.29 is 22.4 Å². The van der Waals surface area contributed by atoms with Gasteiger partial charge in [0.1, 0.15) is 11.6 Å². The Hall–Kier alpha value is -3.95. The molecule has 10 heteroatoms. The predicted molar refractivity (Wildman–Crippen MR) is 118 cm³/mol. The number of hydrogen-bond donors (Lipinski definition) is 1. The second kappa shape index (κ2) is 8.12. The van der Waals surface area contributed by atoms with Gasteiger partial charge in [-0.25, -0.2) is 9.37 Å². The molecule has 0 bridgehead atoms. The van der Waals surface area contributed by atoms with Gasteiger partial charge in [-0.05, 0) is 42.0 Å². The number of nitrogens with zero attached hydrogens (tertiary/aromatic N) is 4. The highest BCUT2D eigenvalue weighted by molar-refractivity contribution is 5.95. The first-order chi connectivity index (χ1) is 16.2. The largest absolute Gasteiger partial charge is 0.416 e. The van der Waals surface area contributed by atoms with Crippen molar-refractivity contribution in [3.63, 3.8) is 0 Å². The maximum Gasteiger partial charge on any atom is 0.416 e. The topological polar surface area (TPSA) is 77.0 Å². The molecule has 0 spiro atoms. The molecule has 0 saturated carbocycles. The van der Waals surface area contributed by atoms with E-state index in [-0.39, 0.29) is 24.2 Å². The van der Waals surface area contributed by atoms with Crippen molar-refractivity contribution in [2.45, 2.75) is 18.6 Å². The molecule has 1 amide bonds. The number of carbonyl (C=O) groups is 1. The number of alkyl halides is 3. The van der Waals surface area contributed by atoms with E-state index in [0.717, 1.165) is 12.1 Å². The van der Waals surface area contributed by atoms with Crippen molar-refractivity contribution in [2.24, 2.45) is 0 Å². The molecular weight excluding hydrogens is 450 g/mol. The quantitative estimate of drug-likeness (QED) is 0.448. The van der Waals surface area contributed by atoms with Gasteiger partial charge in [-0.1, -0.05) is 18.2 Å². The summed E-state index contributed by atoms with van der Waals surface area (Å²) in [4.78, 5) is 18.2. The number of rotatable bonds is 4. The summed E-state index contributed by atoms with van der Waals surface area (Å²) in [6.45, 7) is 0.910. The third-order valence-electron chi connectivity index (χ3n) is 5.95. The normalized spacial score (nSPS) is 14.4. The lowest BCUT2D eigenvalue weighted by Gasteiger charge is -2.38. The van der Waals surface area contributed by atoms with Gasteiger partial charge in [0.15, 0.2) is 0 Å². The molecule has 3 heterocycles. The van der Waals surface area contributed by atoms with E-state index in [1.165, 1.54) is 30.5 Å². The Labute approximate surface area is 191 Å². The SMILES string of the molecule is Nc1cc(C(=O)N2CC(c3nn(Cc4ccc(C(F)(F)F)cc4)c4cccc(F)c34)C2)ccn1. The number of nitrogen functional groups attached to an aromatic ring is 1. The van der Waals surface area contributed by atoms with Crippen LogP contribution in [-0.2, 0) is 12.7 Å². The molecule has 1 aliphatic heterocycles. The molecule has 2 N–H and O–H groups in total. The summed E-state index contributed by atoms with van der Waals surface area (Å²) in [7, 11) is 0. The third kappa shape index (κ3) is 3.95. The number of aromatic nitrogens is 3. The average molecular weight is 469 g/mol. The van der Waals surface area contributed by atoms with Crippen molar-refractivity contribution >= 4 is 22.6 Å². The van der Waals surface area contributed by atoms with Crippen LogP contribution in [0.15, 0.2) is 60.8 Å². The van der Waals surface area contributed by atoms with Crippen molar-refractivity contribution in [3.05, 3.63) is 89.0 Å². The number of hydrogen-bond acceptors (Lipinski definition) is 4. The maximum absolute atomic E-state index is 14.8. The van der Waals surface area contributed by atoms with E-state index >= 15 is 0 Å². The molecule has 5 rings (SSSR count). The fraction of sp³-hybridized carbons (Fsp3) is 0.208. The van der Waals surface area contributed by atoms with Crippen molar-refractivity contribution in [1.82, 2.24) is 19.7 Å². The highest BCUT2D eigenvalue weighted by Crippen LogP contribution is 2.34. The average Bonchev–Trinajstić information content (AvgIpc) is 3.11. The summed E-state index contributed by atoms with van der Waals surface area (Å²) in [6.07, 6.45) is -2.95. The zero-order chi connectivity index (χ0) is 24.0. The van der Waals surface area contributed by atoms with Crippen molar-refractivity contribution in [1.29, 1.82) is 0 Å². The summed E-state index contributed by atoms with van der Waals surface area (Å²) in [5.41, 5.74) is 7.02. The Morgan fingerprint density at radius 3 is 2.50 bits per heavy atom. The molecule has 0 unspecified atom stereocenters. The lowest BCUT2D eigenvalue weighted by atomic mass is 9.93. The van der Waals surface area contributed by atoms with Crippen LogP contribution in [0, 0.1) is 5.82 Å². The van der Waals surface area contributed by atoms with Gasteiger partial charge in [-0.3, -0.25) is 9.48 Å². The molecule has 2 aromatic carbocycles. The molecule has 0 aliphatic carbocycles. The Bertz CT molecular complexity index is 1370. The van der Waals surface area contributed by atoms with Crippen LogP contribution in [-0.4, -0.2) is 38.7 Å². The van der Waals surface area contributed by atoms with Crippen LogP contribution in [0.2, 0.25) is 0 Å². The van der Waals surface area contributed by atoms with E-state index in [0.29, 0.717) is 40.8 Å². The van der Waals surface area contributed by atoms with E-state index in [1.54, 1.807) is 27.8 Å². The van der Waals surface area contributed by atoms with Gasteiger partial charge >= 0.3 is 6.18 Å². The third-order valence-corrected chi connectivity index (χ3v) is 5.95. The Balaban J connectivity index is 1.39. The van der Waals surface area contributed by atoms with Crippen LogP contribution in [0.3, 0.4) is 0 Å². The number of anilines is 1. The van der Waals surface area contributed by atoms with Crippen LogP contribution in [0.1, 0.15) is 33.1 Å². The van der Waals surface area contributed by atoms with Crippen molar-refractivity contribution in [2.75, 3.05) is 18.8 Å². The minimum absolute atomic E-state index is 0.170. The van der Waals surface area contributed by atoms with E-state index in [1.807, 2.05) is 0 Å². The molecule has 2 aromatic heterocycles. The molecule has 174 valence electrons. The number of halogens is 4. The monoisotopic (exact) mass is 469 g/mol. The van der Waals surface area contributed by atoms with Crippen LogP contribution in [0.5, 0.6) is 0 Å². The standard InChI is InChI=1S/C24H19F4N5O/c25-18-2-1-3-19-21(18)22(16-12-32(13-16)23(34)15-8-9-30-20(29)10-15)31-33(19)11-14-4-6-17(7-5-14)24(26,27)28/h1-10,16H,11-13H2,(H2,29,30). The molecular formula is C24H19F4N5O. The molecule has 0 radical (unpaired) electrons. The summed E-state index contributed by atoms with van der Waals surface area (Å²) < 4.78 is 54.9. The number of fused-ring (bicyclic) bond motifs is 1. The summed E-state index contributed by atoms with van der Waals surface area (Å²) in [5, 5.41) is 4.97. The molecule has 1 saturated heterocycles. The van der Waals surface area contributed by atoms with Crippen LogP contribution < -0.4 is 5.73 Å². The molecule has 6 nitrogen and oxygen atoms in total. The number of benzene rings is 2. The maximum atomic E-state index is 14.8. The summed E-state index contributed by atoms with van der Waals surface area (Å²) in [6, 6.07) is 12.5. The molecule has 1 fully saturated rings. The van der Waals surface area contributed by atoms with Crippen LogP contribution in [0.25, 0.3) is 10.9 Å². The van der Waals surface area contributed by atoms with Gasteiger partial charge in [-0.2, -0.15) is 18.3 Å². The minimum Gasteiger partial charge on any atom is -0.384 e. The zero-order valence-corrected chi connectivity index (χ0v) is 17.8.